The molecule has 0 fully saturated rings. The minimum absolute atomic E-state index is 0.151. The van der Waals surface area contributed by atoms with Gasteiger partial charge in [-0.3, -0.25) is 4.79 Å². The molecule has 0 aliphatic carbocycles. The Morgan fingerprint density at radius 3 is 2.39 bits per heavy atom. The Morgan fingerprint density at radius 2 is 1.75 bits per heavy atom. The van der Waals surface area contributed by atoms with Gasteiger partial charge in [0.2, 0.25) is 0 Å². The maximum atomic E-state index is 13.0. The summed E-state index contributed by atoms with van der Waals surface area (Å²) in [4.78, 5) is 25.2. The molecule has 28 heavy (non-hydrogen) atoms. The van der Waals surface area contributed by atoms with E-state index in [9.17, 15) is 4.79 Å². The second-order valence-electron chi connectivity index (χ2n) is 6.74. The summed E-state index contributed by atoms with van der Waals surface area (Å²) >= 11 is 0. The molecule has 0 aliphatic rings. The van der Waals surface area contributed by atoms with Crippen molar-refractivity contribution in [3.05, 3.63) is 72.2 Å². The van der Waals surface area contributed by atoms with Crippen LogP contribution in [0.15, 0.2) is 60.9 Å². The monoisotopic (exact) mass is 375 g/mol. The second-order valence-corrected chi connectivity index (χ2v) is 6.74. The van der Waals surface area contributed by atoms with Crippen LogP contribution in [0.2, 0.25) is 0 Å². The van der Waals surface area contributed by atoms with Crippen LogP contribution in [0.25, 0.3) is 0 Å². The van der Waals surface area contributed by atoms with E-state index >= 15 is 0 Å². The number of benzene rings is 2. The molecule has 1 N–H and O–H groups in total. The summed E-state index contributed by atoms with van der Waals surface area (Å²) in [7, 11) is 4.00. The number of nitrogens with one attached hydrogen (secondary N) is 1. The van der Waals surface area contributed by atoms with Crippen molar-refractivity contribution in [1.82, 2.24) is 9.97 Å². The van der Waals surface area contributed by atoms with Gasteiger partial charge in [0.25, 0.3) is 5.91 Å². The highest BCUT2D eigenvalue weighted by Gasteiger charge is 2.18. The van der Waals surface area contributed by atoms with E-state index in [2.05, 4.69) is 15.3 Å². The number of amides is 1. The number of hydrogen-bond donors (Lipinski definition) is 1. The van der Waals surface area contributed by atoms with Crippen LogP contribution in [0, 0.1) is 6.92 Å². The maximum absolute atomic E-state index is 13.0. The van der Waals surface area contributed by atoms with Crippen molar-refractivity contribution in [3.63, 3.8) is 0 Å². The third kappa shape index (κ3) is 4.46. The van der Waals surface area contributed by atoms with Crippen molar-refractivity contribution in [2.24, 2.45) is 0 Å². The predicted octanol–water partition coefficient (Wildman–Crippen LogP) is 4.26. The lowest BCUT2D eigenvalue weighted by Gasteiger charge is -2.21. The zero-order valence-electron chi connectivity index (χ0n) is 16.7. The van der Waals surface area contributed by atoms with E-state index in [-0.39, 0.29) is 5.91 Å². The zero-order valence-corrected chi connectivity index (χ0v) is 16.7. The average molecular weight is 375 g/mol. The zero-order chi connectivity index (χ0) is 20.1. The first-order chi connectivity index (χ1) is 13.5. The number of aromatic nitrogens is 2. The molecule has 0 spiro atoms. The van der Waals surface area contributed by atoms with E-state index in [0.717, 1.165) is 22.6 Å². The Kier molecular flexibility index (Phi) is 5.89. The smallest absolute Gasteiger partial charge is 0.277 e. The molecular formula is C22H25N5O. The fraction of sp³-hybridized carbons (Fsp3) is 0.227. The molecule has 0 aliphatic heterocycles. The van der Waals surface area contributed by atoms with E-state index in [1.165, 1.54) is 6.33 Å². The van der Waals surface area contributed by atoms with Gasteiger partial charge in [-0.05, 0) is 55.8 Å². The Morgan fingerprint density at radius 1 is 1.00 bits per heavy atom. The number of rotatable bonds is 6. The van der Waals surface area contributed by atoms with Crippen LogP contribution in [-0.2, 0) is 0 Å². The van der Waals surface area contributed by atoms with Gasteiger partial charge < -0.3 is 15.1 Å². The van der Waals surface area contributed by atoms with Gasteiger partial charge in [-0.1, -0.05) is 12.1 Å². The van der Waals surface area contributed by atoms with E-state index in [1.807, 2.05) is 81.4 Å². The van der Waals surface area contributed by atoms with E-state index in [0.29, 0.717) is 18.1 Å². The third-order valence-corrected chi connectivity index (χ3v) is 4.42. The molecular weight excluding hydrogens is 350 g/mol. The Balaban J connectivity index is 1.80. The van der Waals surface area contributed by atoms with Crippen molar-refractivity contribution in [2.45, 2.75) is 13.8 Å². The summed E-state index contributed by atoms with van der Waals surface area (Å²) < 4.78 is 0. The van der Waals surface area contributed by atoms with Crippen molar-refractivity contribution in [3.8, 4) is 0 Å². The number of hydrogen-bond acceptors (Lipinski definition) is 5. The normalized spacial score (nSPS) is 10.4. The maximum Gasteiger partial charge on any atom is 0.277 e. The molecule has 6 nitrogen and oxygen atoms in total. The molecule has 6 heteroatoms. The lowest BCUT2D eigenvalue weighted by atomic mass is 10.2. The summed E-state index contributed by atoms with van der Waals surface area (Å²) in [6.45, 7) is 4.52. The van der Waals surface area contributed by atoms with Gasteiger partial charge in [-0.25, -0.2) is 9.97 Å². The van der Waals surface area contributed by atoms with Crippen molar-refractivity contribution in [1.29, 1.82) is 0 Å². The number of anilines is 4. The first-order valence-corrected chi connectivity index (χ1v) is 9.23. The number of carbonyl (C=O) groups is 1. The van der Waals surface area contributed by atoms with Gasteiger partial charge in [0, 0.05) is 43.8 Å². The largest absolute Gasteiger partial charge is 0.378 e. The second kappa shape index (κ2) is 8.52. The first-order valence-electron chi connectivity index (χ1n) is 9.23. The van der Waals surface area contributed by atoms with Gasteiger partial charge in [-0.15, -0.1) is 0 Å². The van der Waals surface area contributed by atoms with Gasteiger partial charge >= 0.3 is 0 Å². The average Bonchev–Trinajstić information content (AvgIpc) is 2.69. The minimum atomic E-state index is -0.151. The molecule has 0 unspecified atom stereocenters. The summed E-state index contributed by atoms with van der Waals surface area (Å²) in [5.74, 6) is 0.428. The fourth-order valence-corrected chi connectivity index (χ4v) is 2.91. The Hall–Kier alpha value is -3.41. The van der Waals surface area contributed by atoms with Gasteiger partial charge in [-0.2, -0.15) is 0 Å². The number of carbonyl (C=O) groups excluding carboxylic acids is 1. The standard InChI is InChI=1S/C22H25N5O/c1-5-27(19-8-6-7-16(2)13-19)22(28)20-14-21(24-15-23-20)25-17-9-11-18(12-10-17)26(3)4/h6-15H,5H2,1-4H3,(H,23,24,25). The van der Waals surface area contributed by atoms with Crippen LogP contribution in [0.5, 0.6) is 0 Å². The van der Waals surface area contributed by atoms with Crippen molar-refractivity contribution in [2.75, 3.05) is 35.8 Å². The Labute approximate surface area is 165 Å². The minimum Gasteiger partial charge on any atom is -0.378 e. The third-order valence-electron chi connectivity index (χ3n) is 4.42. The van der Waals surface area contributed by atoms with Crippen LogP contribution in [0.4, 0.5) is 22.9 Å². The Bertz CT molecular complexity index is 953. The summed E-state index contributed by atoms with van der Waals surface area (Å²) in [6, 6.07) is 17.6. The number of aryl methyl sites for hydroxylation is 1. The highest BCUT2D eigenvalue weighted by atomic mass is 16.2. The molecule has 2 aromatic carbocycles. The topological polar surface area (TPSA) is 61.4 Å². The van der Waals surface area contributed by atoms with Crippen LogP contribution in [0.3, 0.4) is 0 Å². The molecule has 0 radical (unpaired) electrons. The summed E-state index contributed by atoms with van der Waals surface area (Å²) in [5, 5.41) is 3.23. The summed E-state index contributed by atoms with van der Waals surface area (Å²) in [5.41, 5.74) is 4.33. The molecule has 3 rings (SSSR count). The van der Waals surface area contributed by atoms with E-state index in [1.54, 1.807) is 11.0 Å². The highest BCUT2D eigenvalue weighted by Crippen LogP contribution is 2.21. The van der Waals surface area contributed by atoms with Crippen LogP contribution in [-0.4, -0.2) is 36.5 Å². The molecule has 0 saturated carbocycles. The molecule has 1 heterocycles. The van der Waals surface area contributed by atoms with Crippen molar-refractivity contribution < 1.29 is 4.79 Å². The van der Waals surface area contributed by atoms with Crippen LogP contribution < -0.4 is 15.1 Å². The van der Waals surface area contributed by atoms with Gasteiger partial charge in [0.05, 0.1) is 0 Å². The molecule has 1 aromatic heterocycles. The quantitative estimate of drug-likeness (QED) is 0.697. The van der Waals surface area contributed by atoms with Gasteiger partial charge in [0.1, 0.15) is 17.8 Å². The van der Waals surface area contributed by atoms with Crippen LogP contribution in [0.1, 0.15) is 23.0 Å². The number of nitrogens with zero attached hydrogens (tertiary/aromatic N) is 4. The first kappa shape index (κ1) is 19.4. The fourth-order valence-electron chi connectivity index (χ4n) is 2.91. The van der Waals surface area contributed by atoms with E-state index < -0.39 is 0 Å². The van der Waals surface area contributed by atoms with Gasteiger partial charge in [0.15, 0.2) is 0 Å². The summed E-state index contributed by atoms with van der Waals surface area (Å²) in [6.07, 6.45) is 1.41. The molecule has 144 valence electrons. The predicted molar refractivity (Wildman–Crippen MR) is 115 cm³/mol. The highest BCUT2D eigenvalue weighted by molar-refractivity contribution is 6.05. The lowest BCUT2D eigenvalue weighted by molar-refractivity contribution is 0.0983. The lowest BCUT2D eigenvalue weighted by Crippen LogP contribution is -2.31. The molecule has 0 saturated heterocycles. The SMILES string of the molecule is CCN(C(=O)c1cc(Nc2ccc(N(C)C)cc2)ncn1)c1cccc(C)c1. The molecule has 0 atom stereocenters. The molecule has 0 bridgehead atoms. The van der Waals surface area contributed by atoms with Crippen LogP contribution >= 0.6 is 0 Å². The van der Waals surface area contributed by atoms with Crippen molar-refractivity contribution >= 4 is 28.8 Å². The molecule has 3 aromatic rings. The van der Waals surface area contributed by atoms with E-state index in [4.69, 9.17) is 0 Å². The molecule has 1 amide bonds.